The average molecular weight is 485 g/mol. The number of rotatable bonds is 7. The molecule has 33 heavy (non-hydrogen) atoms. The first-order chi connectivity index (χ1) is 15.4. The lowest BCUT2D eigenvalue weighted by Gasteiger charge is -2.32. The predicted molar refractivity (Wildman–Crippen MR) is 111 cm³/mol. The van der Waals surface area contributed by atoms with E-state index in [4.69, 9.17) is 25.3 Å². The second-order valence-electron chi connectivity index (χ2n) is 7.85. The first-order valence-electron chi connectivity index (χ1n) is 9.52. The summed E-state index contributed by atoms with van der Waals surface area (Å²) in [6.07, 6.45) is 0. The van der Waals surface area contributed by atoms with Gasteiger partial charge in [0.25, 0.3) is 0 Å². The summed E-state index contributed by atoms with van der Waals surface area (Å²) in [5.41, 5.74) is -5.49. The van der Waals surface area contributed by atoms with Crippen molar-refractivity contribution >= 4 is 23.1 Å². The molecule has 2 aromatic carbocycles. The fraction of sp³-hybridized carbons (Fsp3) is 0.350. The summed E-state index contributed by atoms with van der Waals surface area (Å²) in [7, 11) is -6.99. The molecule has 0 aromatic heterocycles. The second-order valence-corrected chi connectivity index (χ2v) is 9.38. The molecule has 2 aromatic rings. The lowest BCUT2D eigenvalue weighted by molar-refractivity contribution is -0.0501. The van der Waals surface area contributed by atoms with Crippen LogP contribution in [-0.4, -0.2) is 34.5 Å². The van der Waals surface area contributed by atoms with Crippen LogP contribution in [0.4, 0.5) is 18.9 Å². The Morgan fingerprint density at radius 2 is 1.70 bits per heavy atom. The minimum Gasteiger partial charge on any atom is -0.457 e. The lowest BCUT2D eigenvalue weighted by Crippen LogP contribution is -2.42. The number of halogens is 3. The number of hydrogen-bond donors (Lipinski definition) is 0. The summed E-state index contributed by atoms with van der Waals surface area (Å²) in [5, 5.41) is 0. The zero-order valence-corrected chi connectivity index (χ0v) is 18.4. The summed E-state index contributed by atoms with van der Waals surface area (Å²) in [4.78, 5) is 3.26. The van der Waals surface area contributed by atoms with Crippen molar-refractivity contribution in [2.24, 2.45) is 5.41 Å². The van der Waals surface area contributed by atoms with Crippen molar-refractivity contribution in [3.63, 3.8) is 0 Å². The number of nitrogens with zero attached hydrogens (tertiary/aromatic N) is 1. The minimum atomic E-state index is -5.90. The summed E-state index contributed by atoms with van der Waals surface area (Å²) in [6, 6.07) is 9.66. The summed E-state index contributed by atoms with van der Waals surface area (Å²) in [6.45, 7) is 11.1. The average Bonchev–Trinajstić information content (AvgIpc) is 2.74. The van der Waals surface area contributed by atoms with Crippen LogP contribution >= 0.6 is 0 Å². The van der Waals surface area contributed by atoms with Gasteiger partial charge in [0, 0.05) is 24.2 Å². The highest BCUT2D eigenvalue weighted by Crippen LogP contribution is 2.33. The van der Waals surface area contributed by atoms with Crippen LogP contribution in [0, 0.1) is 12.0 Å². The van der Waals surface area contributed by atoms with Crippen molar-refractivity contribution in [2.75, 3.05) is 13.2 Å². The quantitative estimate of drug-likeness (QED) is 0.240. The Morgan fingerprint density at radius 1 is 1.09 bits per heavy atom. The van der Waals surface area contributed by atoms with Crippen LogP contribution in [0.15, 0.2) is 42.5 Å². The zero-order valence-electron chi connectivity index (χ0n) is 17.6. The van der Waals surface area contributed by atoms with E-state index in [1.807, 2.05) is 13.8 Å². The van der Waals surface area contributed by atoms with Crippen molar-refractivity contribution in [2.45, 2.75) is 26.0 Å². The standard InChI is InChI=1S/C20H19BF3NO7S/c1-19(2)12-29-21(30-13-19)28-11-14-10-17(31-16-6-4-15(25-3)5-7-16)8-9-18(14)32-33(26,27)20(22,23)24/h4-10H,11-13H2,1-2H3. The molecule has 8 nitrogen and oxygen atoms in total. The lowest BCUT2D eigenvalue weighted by atomic mass is 9.93. The smallest absolute Gasteiger partial charge is 0.457 e. The van der Waals surface area contributed by atoms with Crippen LogP contribution in [0.5, 0.6) is 17.2 Å². The summed E-state index contributed by atoms with van der Waals surface area (Å²) >= 11 is 0. The summed E-state index contributed by atoms with van der Waals surface area (Å²) in [5.74, 6) is -0.0567. The van der Waals surface area contributed by atoms with E-state index in [1.54, 1.807) is 0 Å². The molecule has 1 heterocycles. The SMILES string of the molecule is [C-]#[N+]c1ccc(Oc2ccc(OS(=O)(=O)C(F)(F)F)c(COB3OCC(C)(C)CO3)c2)cc1. The topological polar surface area (TPSA) is 84.7 Å². The number of benzene rings is 2. The van der Waals surface area contributed by atoms with E-state index in [2.05, 4.69) is 9.03 Å². The van der Waals surface area contributed by atoms with E-state index in [0.29, 0.717) is 24.7 Å². The molecule has 0 saturated carbocycles. The molecule has 1 saturated heterocycles. The van der Waals surface area contributed by atoms with Gasteiger partial charge in [-0.1, -0.05) is 26.0 Å². The van der Waals surface area contributed by atoms with E-state index < -0.39 is 28.7 Å². The van der Waals surface area contributed by atoms with Gasteiger partial charge < -0.3 is 22.9 Å². The van der Waals surface area contributed by atoms with Crippen LogP contribution in [-0.2, 0) is 30.7 Å². The maximum atomic E-state index is 12.8. The van der Waals surface area contributed by atoms with Gasteiger partial charge in [0.05, 0.1) is 13.2 Å². The van der Waals surface area contributed by atoms with Crippen LogP contribution in [0.3, 0.4) is 0 Å². The molecule has 3 rings (SSSR count). The Morgan fingerprint density at radius 3 is 2.27 bits per heavy atom. The molecule has 0 spiro atoms. The Balaban J connectivity index is 1.81. The Labute approximate surface area is 189 Å². The molecular weight excluding hydrogens is 466 g/mol. The van der Waals surface area contributed by atoms with Gasteiger partial charge in [-0.05, 0) is 30.3 Å². The van der Waals surface area contributed by atoms with E-state index in [-0.39, 0.29) is 23.3 Å². The van der Waals surface area contributed by atoms with E-state index in [1.165, 1.54) is 36.4 Å². The van der Waals surface area contributed by atoms with Crippen molar-refractivity contribution in [1.82, 2.24) is 0 Å². The van der Waals surface area contributed by atoms with Gasteiger partial charge >= 0.3 is 22.9 Å². The molecule has 0 bridgehead atoms. The van der Waals surface area contributed by atoms with E-state index >= 15 is 0 Å². The molecule has 0 amide bonds. The molecule has 1 fully saturated rings. The molecule has 0 unspecified atom stereocenters. The second kappa shape index (κ2) is 9.60. The van der Waals surface area contributed by atoms with Crippen LogP contribution in [0.1, 0.15) is 19.4 Å². The fourth-order valence-corrected chi connectivity index (χ4v) is 3.13. The largest absolute Gasteiger partial charge is 0.639 e. The molecule has 13 heteroatoms. The van der Waals surface area contributed by atoms with Gasteiger partial charge in [-0.15, -0.1) is 0 Å². The predicted octanol–water partition coefficient (Wildman–Crippen LogP) is 4.83. The van der Waals surface area contributed by atoms with Gasteiger partial charge in [-0.3, -0.25) is 0 Å². The Hall–Kier alpha value is -2.79. The van der Waals surface area contributed by atoms with Crippen molar-refractivity contribution in [3.8, 4) is 17.2 Å². The van der Waals surface area contributed by atoms with Crippen LogP contribution in [0.25, 0.3) is 4.85 Å². The molecule has 1 aliphatic rings. The number of ether oxygens (including phenoxy) is 1. The van der Waals surface area contributed by atoms with Gasteiger partial charge in [0.1, 0.15) is 17.2 Å². The third-order valence-corrected chi connectivity index (χ3v) is 5.28. The van der Waals surface area contributed by atoms with Crippen molar-refractivity contribution in [3.05, 3.63) is 59.4 Å². The maximum absolute atomic E-state index is 12.8. The highest BCUT2D eigenvalue weighted by Gasteiger charge is 2.49. The number of hydrogen-bond acceptors (Lipinski definition) is 7. The van der Waals surface area contributed by atoms with Crippen molar-refractivity contribution in [1.29, 1.82) is 0 Å². The third-order valence-electron chi connectivity index (χ3n) is 4.31. The monoisotopic (exact) mass is 485 g/mol. The molecule has 0 aliphatic carbocycles. The fourth-order valence-electron chi connectivity index (χ4n) is 2.63. The third kappa shape index (κ3) is 6.61. The normalized spacial score (nSPS) is 16.2. The minimum absolute atomic E-state index is 0.0462. The maximum Gasteiger partial charge on any atom is 0.639 e. The molecule has 0 N–H and O–H groups in total. The zero-order chi connectivity index (χ0) is 24.3. The Bertz CT molecular complexity index is 1120. The summed E-state index contributed by atoms with van der Waals surface area (Å²) < 4.78 is 87.6. The van der Waals surface area contributed by atoms with Crippen LogP contribution in [0.2, 0.25) is 0 Å². The number of alkyl halides is 3. The van der Waals surface area contributed by atoms with Gasteiger partial charge in [0.15, 0.2) is 5.69 Å². The highest BCUT2D eigenvalue weighted by atomic mass is 32.2. The van der Waals surface area contributed by atoms with Gasteiger partial charge in [-0.2, -0.15) is 21.6 Å². The molecule has 1 aliphatic heterocycles. The Kier molecular flexibility index (Phi) is 7.23. The van der Waals surface area contributed by atoms with Crippen molar-refractivity contribution < 1.29 is 44.5 Å². The molecule has 0 radical (unpaired) electrons. The molecule has 0 atom stereocenters. The van der Waals surface area contributed by atoms with Gasteiger partial charge in [0.2, 0.25) is 0 Å². The highest BCUT2D eigenvalue weighted by molar-refractivity contribution is 7.88. The first kappa shape index (κ1) is 24.8. The van der Waals surface area contributed by atoms with E-state index in [9.17, 15) is 21.6 Å². The van der Waals surface area contributed by atoms with E-state index in [0.717, 1.165) is 6.07 Å². The van der Waals surface area contributed by atoms with Crippen LogP contribution < -0.4 is 8.92 Å². The molecular formula is C20H19BF3NO7S. The first-order valence-corrected chi connectivity index (χ1v) is 10.9. The molecule has 176 valence electrons. The van der Waals surface area contributed by atoms with Gasteiger partial charge in [-0.25, -0.2) is 4.85 Å².